The van der Waals surface area contributed by atoms with Crippen LogP contribution in [0.5, 0.6) is 0 Å². The van der Waals surface area contributed by atoms with E-state index in [-0.39, 0.29) is 90.6 Å². The second-order valence-electron chi connectivity index (χ2n) is 14.0. The van der Waals surface area contributed by atoms with Gasteiger partial charge in [-0.1, -0.05) is 60.7 Å². The van der Waals surface area contributed by atoms with E-state index in [0.717, 1.165) is 6.42 Å². The molecule has 0 aliphatic carbocycles. The third kappa shape index (κ3) is 12.6. The van der Waals surface area contributed by atoms with Crippen molar-refractivity contribution in [2.24, 2.45) is 11.8 Å². The predicted octanol–water partition coefficient (Wildman–Crippen LogP) is 3.41. The van der Waals surface area contributed by atoms with Gasteiger partial charge in [0.05, 0.1) is 31.5 Å². The van der Waals surface area contributed by atoms with Gasteiger partial charge < -0.3 is 42.8 Å². The van der Waals surface area contributed by atoms with Gasteiger partial charge in [-0.05, 0) is 6.42 Å². The number of rotatable bonds is 10. The molecule has 10 N–H and O–H groups in total. The van der Waals surface area contributed by atoms with Crippen molar-refractivity contribution in [2.45, 2.75) is 98.2 Å². The lowest BCUT2D eigenvalue weighted by molar-refractivity contribution is -0.378. The molecule has 5 aromatic rings. The molecule has 5 aromatic heterocycles. The smallest absolute Gasteiger partial charge is 0.364 e. The molecule has 62 heavy (non-hydrogen) atoms. The van der Waals surface area contributed by atoms with Crippen LogP contribution in [0.4, 0.5) is 21.5 Å². The normalized spacial score (nSPS) is 20.2. The van der Waals surface area contributed by atoms with Gasteiger partial charge in [0.2, 0.25) is 23.7 Å². The summed E-state index contributed by atoms with van der Waals surface area (Å²) in [7, 11) is 0. The van der Waals surface area contributed by atoms with Crippen LogP contribution in [0.3, 0.4) is 0 Å². The fraction of sp³-hybridized carbons (Fsp3) is 0.486. The van der Waals surface area contributed by atoms with E-state index in [1.165, 1.54) is 21.8 Å². The maximum Gasteiger partial charge on any atom is 0.364 e. The van der Waals surface area contributed by atoms with Crippen molar-refractivity contribution >= 4 is 81.9 Å². The number of H-pyrrole nitrogens is 3. The van der Waals surface area contributed by atoms with Crippen LogP contribution in [0.15, 0.2) is 52.8 Å². The highest BCUT2D eigenvalue weighted by Crippen LogP contribution is 2.35. The van der Waals surface area contributed by atoms with E-state index in [1.54, 1.807) is 27.7 Å². The van der Waals surface area contributed by atoms with Crippen LogP contribution in [0.2, 0.25) is 0 Å². The summed E-state index contributed by atoms with van der Waals surface area (Å²) >= 11 is 8.13. The number of aliphatic hydroxyl groups is 1. The number of imidazole rings is 2. The first-order valence-electron chi connectivity index (χ1n) is 18.7. The lowest BCUT2D eigenvalue weighted by Crippen LogP contribution is -2.25. The second-order valence-corrected chi connectivity index (χ2v) is 14.7. The Hall–Kier alpha value is -5.86. The van der Waals surface area contributed by atoms with Crippen LogP contribution >= 0.6 is 12.6 Å². The van der Waals surface area contributed by atoms with Crippen molar-refractivity contribution in [1.29, 1.82) is 0 Å². The number of ether oxygens (including phenoxy) is 4. The Kier molecular flexibility index (Phi) is 18.6. The largest absolute Gasteiger partial charge is 0.698 e. The van der Waals surface area contributed by atoms with Gasteiger partial charge in [0.1, 0.15) is 6.10 Å². The molecule has 338 valence electrons. The summed E-state index contributed by atoms with van der Waals surface area (Å²) in [5.41, 5.74) is -0.572. The summed E-state index contributed by atoms with van der Waals surface area (Å²) in [5, 5.41) is 12.8. The molecular weight excluding hydrogens is 853 g/mol. The van der Waals surface area contributed by atoms with Crippen LogP contribution in [-0.4, -0.2) is 97.6 Å². The van der Waals surface area contributed by atoms with Crippen molar-refractivity contribution in [3.05, 3.63) is 64.0 Å². The van der Waals surface area contributed by atoms with Gasteiger partial charge in [-0.25, -0.2) is 19.7 Å². The molecule has 25 heteroatoms. The number of pyridine rings is 1. The van der Waals surface area contributed by atoms with E-state index in [0.29, 0.717) is 6.42 Å². The van der Waals surface area contributed by atoms with Crippen molar-refractivity contribution in [3.8, 4) is 0 Å². The highest BCUT2D eigenvalue weighted by atomic mass is 32.1. The van der Waals surface area contributed by atoms with E-state index >= 15 is 0 Å². The maximum atomic E-state index is 12.3. The lowest BCUT2D eigenvalue weighted by atomic mass is 10.1. The van der Waals surface area contributed by atoms with E-state index < -0.39 is 52.5 Å². The zero-order chi connectivity index (χ0) is 43.7. The molecule has 0 aromatic carbocycles. The van der Waals surface area contributed by atoms with Crippen LogP contribution in [-0.2, 0) is 41.2 Å². The van der Waals surface area contributed by atoms with E-state index in [9.17, 15) is 33.9 Å². The number of hydrogen-bond donors (Lipinski definition) is 7. The van der Waals surface area contributed by atoms with Crippen LogP contribution < -0.4 is 32.9 Å². The molecular formula is C37H53N12O11S2+. The summed E-state index contributed by atoms with van der Waals surface area (Å²) in [5.74, 6) is -1.22. The summed E-state index contributed by atoms with van der Waals surface area (Å²) in [6, 6.07) is 5.86. The Morgan fingerprint density at radius 3 is 1.68 bits per heavy atom. The van der Waals surface area contributed by atoms with Gasteiger partial charge in [0, 0.05) is 36.8 Å². The molecule has 2 aliphatic heterocycles. The minimum absolute atomic E-state index is 0. The zero-order valence-corrected chi connectivity index (χ0v) is 35.8. The highest BCUT2D eigenvalue weighted by molar-refractivity contribution is 7.96. The molecule has 23 nitrogen and oxygen atoms in total. The molecule has 0 radical (unpaired) electrons. The first-order chi connectivity index (χ1) is 28.6. The molecule has 2 aliphatic rings. The summed E-state index contributed by atoms with van der Waals surface area (Å²) < 4.78 is 24.9. The number of quaternary nitrogens is 1. The minimum atomic E-state index is -0.855. The molecule has 0 unspecified atom stereocenters. The molecule has 2 fully saturated rings. The van der Waals surface area contributed by atoms with Gasteiger partial charge in [-0.15, -0.1) is 0 Å². The Labute approximate surface area is 365 Å². The lowest BCUT2D eigenvalue weighted by Gasteiger charge is -2.22. The number of thiol groups is 1. The fourth-order valence-corrected chi connectivity index (χ4v) is 6.23. The number of amides is 2. The standard InChI is InChI=1S/C16H21N5O5S.C15H19N5O6S.C5H5N.CH4.H3N/c1-4-8-5-9(26-16(24)27)14(25-8)21-6-17-10-11(21)18-15(20-13(10)23)19-12(22)7(2)3;1-6(2)11(22)18-14-17-10-9(12(23)19-14)16-5-20(10)13-8(26-15(24)27)3-7(4-21)25-13;1-2-4-6-5-3-1;;/h6-9,14H,4-5H2,1-3H3,(H,24,27)(H2,18,19,20,22,23);5-8,13,21H,3-4H2,1-2H3,(H,24,27)(H2,17,18,19,22,23);1-5H;1H4;1H3/p+1/t8-,9-,14-;7-,8+,13+;;;/m10.../s1. The molecule has 0 bridgehead atoms. The number of aliphatic hydroxyl groups excluding tert-OH is 1. The van der Waals surface area contributed by atoms with E-state index in [1.807, 2.05) is 37.5 Å². The molecule has 2 saturated heterocycles. The van der Waals surface area contributed by atoms with Gasteiger partial charge in [0.15, 0.2) is 58.6 Å². The van der Waals surface area contributed by atoms with Gasteiger partial charge >= 0.3 is 5.30 Å². The Bertz CT molecular complexity index is 2230. The molecule has 2 amide bonds. The number of anilines is 2. The maximum absolute atomic E-state index is 12.3. The van der Waals surface area contributed by atoms with Crippen LogP contribution in [0, 0.1) is 11.8 Å². The average Bonchev–Trinajstić information content (AvgIpc) is 4.01. The number of fused-ring (bicyclic) bond motifs is 2. The van der Waals surface area contributed by atoms with Crippen molar-refractivity contribution in [2.75, 3.05) is 17.2 Å². The molecule has 6 atom stereocenters. The molecule has 0 spiro atoms. The quantitative estimate of drug-likeness (QED) is 0.0600. The number of carbonyl (C=O) groups is 4. The highest BCUT2D eigenvalue weighted by Gasteiger charge is 2.40. The number of carbonyl (C=O) groups excluding carboxylic acids is 4. The predicted molar refractivity (Wildman–Crippen MR) is 230 cm³/mol. The fourth-order valence-electron chi connectivity index (χ4n) is 5.97. The van der Waals surface area contributed by atoms with Crippen LogP contribution in [0.1, 0.15) is 73.8 Å². The zero-order valence-electron chi connectivity index (χ0n) is 34.1. The summed E-state index contributed by atoms with van der Waals surface area (Å²) in [6.45, 7) is 8.53. The summed E-state index contributed by atoms with van der Waals surface area (Å²) in [6.07, 6.45) is 4.28. The Morgan fingerprint density at radius 1 is 0.855 bits per heavy atom. The first-order valence-corrected chi connectivity index (χ1v) is 19.6. The topological polar surface area (TPSA) is 327 Å². The molecule has 7 rings (SSSR count). The molecule has 7 heterocycles. The summed E-state index contributed by atoms with van der Waals surface area (Å²) in [4.78, 5) is 95.3. The minimum Gasteiger partial charge on any atom is -0.698 e. The molecule has 0 saturated carbocycles. The van der Waals surface area contributed by atoms with Crippen molar-refractivity contribution in [3.63, 3.8) is 0 Å². The van der Waals surface area contributed by atoms with Crippen molar-refractivity contribution < 1.29 is 48.2 Å². The van der Waals surface area contributed by atoms with Crippen LogP contribution in [0.25, 0.3) is 22.3 Å². The van der Waals surface area contributed by atoms with Gasteiger partial charge in [-0.3, -0.25) is 53.7 Å². The van der Waals surface area contributed by atoms with E-state index in [2.05, 4.69) is 70.8 Å². The van der Waals surface area contributed by atoms with Crippen molar-refractivity contribution in [1.82, 2.24) is 45.2 Å². The number of aromatic nitrogens is 9. The monoisotopic (exact) mass is 905 g/mol. The second kappa shape index (κ2) is 22.8. The third-order valence-corrected chi connectivity index (χ3v) is 9.20. The first kappa shape index (κ1) is 50.5. The Morgan fingerprint density at radius 2 is 1.31 bits per heavy atom. The van der Waals surface area contributed by atoms with Gasteiger partial charge in [-0.2, -0.15) is 9.97 Å². The number of aromatic amines is 3. The third-order valence-electron chi connectivity index (χ3n) is 9.00. The Balaban J connectivity index is 0.000000282. The van der Waals surface area contributed by atoms with E-state index in [4.69, 9.17) is 18.9 Å². The van der Waals surface area contributed by atoms with Gasteiger partial charge in [0.25, 0.3) is 11.1 Å². The SMILES string of the molecule is C.CC(C)C(=O)Nc1nc2c(ncn2[C@@H]2O[C@H](CO)C[C@H]2OC(=O)S)c(=O)[nH]1.CC[C@@H]1C[C@@H](OC(=O)[S-])[C@H](n2cnc3c(=O)[nH]c(NC(=O)C(C)C)nc32)O1.[NH4+].c1cc[nH+]cc1. The number of nitrogens with zero attached hydrogens (tertiary/aromatic N) is 6. The average molecular weight is 906 g/mol. The number of nitrogens with one attached hydrogen (secondary N) is 5. The number of hydrogen-bond acceptors (Lipinski definition) is 16.